The van der Waals surface area contributed by atoms with Crippen molar-refractivity contribution in [1.82, 2.24) is 5.32 Å². The minimum Gasteiger partial charge on any atom is -0.368 e. The summed E-state index contributed by atoms with van der Waals surface area (Å²) in [6, 6.07) is 6.23. The van der Waals surface area contributed by atoms with Crippen molar-refractivity contribution < 1.29 is 4.79 Å². The van der Waals surface area contributed by atoms with E-state index in [4.69, 9.17) is 5.73 Å². The van der Waals surface area contributed by atoms with Crippen LogP contribution in [0.1, 0.15) is 38.7 Å². The van der Waals surface area contributed by atoms with Crippen molar-refractivity contribution in [2.24, 2.45) is 5.73 Å². The van der Waals surface area contributed by atoms with Gasteiger partial charge in [-0.2, -0.15) is 0 Å². The van der Waals surface area contributed by atoms with Gasteiger partial charge in [0.2, 0.25) is 5.91 Å². The minimum atomic E-state index is -0.295. The van der Waals surface area contributed by atoms with Crippen molar-refractivity contribution in [2.75, 3.05) is 24.5 Å². The molecule has 0 saturated carbocycles. The van der Waals surface area contributed by atoms with Gasteiger partial charge in [-0.3, -0.25) is 4.79 Å². The van der Waals surface area contributed by atoms with Crippen molar-refractivity contribution in [3.8, 4) is 0 Å². The molecule has 3 N–H and O–H groups in total. The van der Waals surface area contributed by atoms with Crippen LogP contribution in [0.15, 0.2) is 22.7 Å². The van der Waals surface area contributed by atoms with Crippen molar-refractivity contribution in [1.29, 1.82) is 0 Å². The summed E-state index contributed by atoms with van der Waals surface area (Å²) in [5.41, 5.74) is 7.61. The summed E-state index contributed by atoms with van der Waals surface area (Å²) in [5.74, 6) is -0.295. The van der Waals surface area contributed by atoms with Crippen molar-refractivity contribution >= 4 is 27.5 Å². The molecule has 0 aliphatic rings. The second-order valence-electron chi connectivity index (χ2n) is 5.19. The summed E-state index contributed by atoms with van der Waals surface area (Å²) in [6.45, 7) is 7.26. The number of hydrogen-bond donors (Lipinski definition) is 2. The molecule has 5 heteroatoms. The smallest absolute Gasteiger partial charge is 0.236 e. The number of halogens is 1. The van der Waals surface area contributed by atoms with E-state index in [1.165, 1.54) is 5.56 Å². The molecule has 1 rings (SSSR count). The van der Waals surface area contributed by atoms with Crippen LogP contribution in [0.2, 0.25) is 0 Å². The second-order valence-corrected chi connectivity index (χ2v) is 6.05. The summed E-state index contributed by atoms with van der Waals surface area (Å²) < 4.78 is 1.06. The summed E-state index contributed by atoms with van der Waals surface area (Å²) in [5, 5.41) is 3.39. The Hall–Kier alpha value is -1.07. The topological polar surface area (TPSA) is 58.4 Å². The molecule has 4 nitrogen and oxygen atoms in total. The molecule has 0 heterocycles. The summed E-state index contributed by atoms with van der Waals surface area (Å²) >= 11 is 3.62. The highest BCUT2D eigenvalue weighted by molar-refractivity contribution is 9.10. The number of benzene rings is 1. The molecule has 0 aliphatic heterocycles. The maximum atomic E-state index is 11.2. The zero-order valence-electron chi connectivity index (χ0n) is 13.0. The summed E-state index contributed by atoms with van der Waals surface area (Å²) in [4.78, 5) is 13.3. The van der Waals surface area contributed by atoms with Crippen molar-refractivity contribution in [3.05, 3.63) is 28.2 Å². The average Bonchev–Trinajstić information content (AvgIpc) is 2.45. The van der Waals surface area contributed by atoms with Gasteiger partial charge in [0.1, 0.15) is 0 Å². The number of carbonyl (C=O) groups excluding carboxylic acids is 1. The normalized spacial score (nSPS) is 10.6. The highest BCUT2D eigenvalue weighted by Crippen LogP contribution is 2.24. The van der Waals surface area contributed by atoms with E-state index in [0.717, 1.165) is 49.1 Å². The number of unbranched alkanes of at least 4 members (excludes halogenated alkanes) is 1. The van der Waals surface area contributed by atoms with Crippen LogP contribution in [-0.2, 0) is 11.3 Å². The Labute approximate surface area is 136 Å². The maximum absolute atomic E-state index is 11.2. The predicted molar refractivity (Wildman–Crippen MR) is 92.5 cm³/mol. The lowest BCUT2D eigenvalue weighted by molar-refractivity contribution is -0.116. The lowest BCUT2D eigenvalue weighted by atomic mass is 10.1. The Morgan fingerprint density at radius 3 is 2.67 bits per heavy atom. The number of nitrogens with two attached hydrogens (primary N) is 1. The largest absolute Gasteiger partial charge is 0.368 e. The molecule has 1 aromatic carbocycles. The third kappa shape index (κ3) is 6.48. The molecule has 0 fully saturated rings. The fourth-order valence-corrected chi connectivity index (χ4v) is 2.62. The molecule has 0 bridgehead atoms. The van der Waals surface area contributed by atoms with E-state index in [2.05, 4.69) is 53.3 Å². The standard InChI is InChI=1S/C16H26BrN3O/c1-3-5-9-20(12-16(18)21)14-7-6-13(15(17)10-14)11-19-8-4-2/h6-7,10,19H,3-5,8-9,11-12H2,1-2H3,(H2,18,21). The Balaban J connectivity index is 2.79. The lowest BCUT2D eigenvalue weighted by Gasteiger charge is -2.24. The van der Waals surface area contributed by atoms with Gasteiger partial charge >= 0.3 is 0 Å². The molecule has 0 spiro atoms. The van der Waals surface area contributed by atoms with Gasteiger partial charge < -0.3 is 16.0 Å². The first-order chi connectivity index (χ1) is 10.1. The molecule has 0 atom stereocenters. The Morgan fingerprint density at radius 1 is 1.33 bits per heavy atom. The first-order valence-corrected chi connectivity index (χ1v) is 8.40. The van der Waals surface area contributed by atoms with Gasteiger partial charge in [0.15, 0.2) is 0 Å². The van der Waals surface area contributed by atoms with Crippen molar-refractivity contribution in [2.45, 2.75) is 39.7 Å². The molecule has 118 valence electrons. The van der Waals surface area contributed by atoms with Crippen LogP contribution in [0, 0.1) is 0 Å². The molecule has 0 saturated heterocycles. The summed E-state index contributed by atoms with van der Waals surface area (Å²) in [7, 11) is 0. The van der Waals surface area contributed by atoms with Gasteiger partial charge in [-0.15, -0.1) is 0 Å². The molecule has 1 amide bonds. The number of nitrogens with zero attached hydrogens (tertiary/aromatic N) is 1. The number of primary amides is 1. The Bertz CT molecular complexity index is 451. The fourth-order valence-electron chi connectivity index (χ4n) is 2.11. The molecule has 0 radical (unpaired) electrons. The van der Waals surface area contributed by atoms with Gasteiger partial charge in [-0.05, 0) is 37.1 Å². The average molecular weight is 356 g/mol. The second kappa shape index (κ2) is 9.79. The Morgan fingerprint density at radius 2 is 2.10 bits per heavy atom. The van der Waals surface area contributed by atoms with Gasteiger partial charge in [0.05, 0.1) is 6.54 Å². The quantitative estimate of drug-likeness (QED) is 0.634. The van der Waals surface area contributed by atoms with E-state index in [-0.39, 0.29) is 12.5 Å². The van der Waals surface area contributed by atoms with Crippen molar-refractivity contribution in [3.63, 3.8) is 0 Å². The van der Waals surface area contributed by atoms with Gasteiger partial charge in [0, 0.05) is 23.2 Å². The zero-order chi connectivity index (χ0) is 15.7. The molecule has 21 heavy (non-hydrogen) atoms. The van der Waals surface area contributed by atoms with E-state index in [1.807, 2.05) is 4.90 Å². The number of rotatable bonds is 10. The highest BCUT2D eigenvalue weighted by Gasteiger charge is 2.11. The third-order valence-electron chi connectivity index (χ3n) is 3.27. The summed E-state index contributed by atoms with van der Waals surface area (Å²) in [6.07, 6.45) is 3.26. The van der Waals surface area contributed by atoms with Gasteiger partial charge in [-0.1, -0.05) is 42.3 Å². The monoisotopic (exact) mass is 355 g/mol. The van der Waals surface area contributed by atoms with Crippen LogP contribution in [0.3, 0.4) is 0 Å². The van der Waals surface area contributed by atoms with E-state index in [1.54, 1.807) is 0 Å². The highest BCUT2D eigenvalue weighted by atomic mass is 79.9. The van der Waals surface area contributed by atoms with Crippen LogP contribution in [0.5, 0.6) is 0 Å². The first kappa shape index (κ1) is 18.0. The van der Waals surface area contributed by atoms with Crippen LogP contribution < -0.4 is 16.0 Å². The number of carbonyl (C=O) groups is 1. The van der Waals surface area contributed by atoms with Crippen LogP contribution in [0.25, 0.3) is 0 Å². The SMILES string of the molecule is CCCCN(CC(N)=O)c1ccc(CNCCC)c(Br)c1. The molecule has 0 aromatic heterocycles. The molecule has 1 aromatic rings. The van der Waals surface area contributed by atoms with Gasteiger partial charge in [0.25, 0.3) is 0 Å². The number of hydrogen-bond acceptors (Lipinski definition) is 3. The fraction of sp³-hybridized carbons (Fsp3) is 0.562. The molecule has 0 unspecified atom stereocenters. The van der Waals surface area contributed by atoms with E-state index < -0.39 is 0 Å². The first-order valence-electron chi connectivity index (χ1n) is 7.60. The maximum Gasteiger partial charge on any atom is 0.236 e. The zero-order valence-corrected chi connectivity index (χ0v) is 14.6. The van der Waals surface area contributed by atoms with Crippen LogP contribution in [0.4, 0.5) is 5.69 Å². The lowest BCUT2D eigenvalue weighted by Crippen LogP contribution is -2.34. The number of anilines is 1. The van der Waals surface area contributed by atoms with Gasteiger partial charge in [-0.25, -0.2) is 0 Å². The van der Waals surface area contributed by atoms with E-state index in [0.29, 0.717) is 0 Å². The van der Waals surface area contributed by atoms with E-state index in [9.17, 15) is 4.79 Å². The van der Waals surface area contributed by atoms with E-state index >= 15 is 0 Å². The van der Waals surface area contributed by atoms with Crippen LogP contribution in [-0.4, -0.2) is 25.5 Å². The predicted octanol–water partition coefficient (Wildman–Crippen LogP) is 3.04. The Kier molecular flexibility index (Phi) is 8.38. The third-order valence-corrected chi connectivity index (χ3v) is 4.01. The molecular weight excluding hydrogens is 330 g/mol. The minimum absolute atomic E-state index is 0.264. The molecular formula is C16H26BrN3O. The molecule has 0 aliphatic carbocycles. The number of nitrogens with one attached hydrogen (secondary N) is 1. The van der Waals surface area contributed by atoms with Crippen LogP contribution >= 0.6 is 15.9 Å². The number of amides is 1.